The van der Waals surface area contributed by atoms with Crippen molar-refractivity contribution in [3.05, 3.63) is 148 Å². The lowest BCUT2D eigenvalue weighted by atomic mass is 9.77. The molecule has 4 aromatic rings. The third-order valence-corrected chi connectivity index (χ3v) is 13.0. The summed E-state index contributed by atoms with van der Waals surface area (Å²) in [6.07, 6.45) is 5.48. The average Bonchev–Trinajstić information content (AvgIpc) is 3.95. The summed E-state index contributed by atoms with van der Waals surface area (Å²) in [4.78, 5) is 54.9. The lowest BCUT2D eigenvalue weighted by Crippen LogP contribution is -2.73. The Hall–Kier alpha value is -4.92. The number of hydrogen-bond acceptors (Lipinski definition) is 13. The Balaban J connectivity index is 0.00000496. The molecule has 3 aromatic carbocycles. The van der Waals surface area contributed by atoms with Gasteiger partial charge in [-0.1, -0.05) is 114 Å². The number of allylic oxidation sites excluding steroid dienone is 1. The van der Waals surface area contributed by atoms with Crippen LogP contribution >= 0.6 is 59.0 Å². The topological polar surface area (TPSA) is 153 Å². The second-order valence-corrected chi connectivity index (χ2v) is 16.2. The molecule has 13 nitrogen and oxygen atoms in total. The van der Waals surface area contributed by atoms with E-state index >= 15 is 0 Å². The van der Waals surface area contributed by atoms with Crippen LogP contribution in [0.15, 0.2) is 131 Å². The van der Waals surface area contributed by atoms with Crippen LogP contribution in [0.5, 0.6) is 0 Å². The summed E-state index contributed by atoms with van der Waals surface area (Å²) in [5.41, 5.74) is 0.940. The number of thioether (sulfide) groups is 2. The van der Waals surface area contributed by atoms with Crippen LogP contribution in [0.25, 0.3) is 0 Å². The quantitative estimate of drug-likeness (QED) is 0.0487. The summed E-state index contributed by atoms with van der Waals surface area (Å²) >= 11 is 3.81. The minimum Gasteiger partial charge on any atom is -0.481 e. The molecule has 4 aliphatic heterocycles. The molecule has 18 heteroatoms. The number of carboxylic acid groups (broad SMARTS) is 1. The number of carbonyl (C=O) groups excluding carboxylic acids is 2. The molecule has 0 radical (unpaired) electrons. The summed E-state index contributed by atoms with van der Waals surface area (Å²) in [5, 5.41) is 23.2. The summed E-state index contributed by atoms with van der Waals surface area (Å²) < 4.78 is 17.7. The molecule has 3 atom stereocenters. The van der Waals surface area contributed by atoms with Crippen LogP contribution in [0, 0.1) is 5.41 Å². The van der Waals surface area contributed by atoms with Gasteiger partial charge in [-0.3, -0.25) is 14.4 Å². The first-order chi connectivity index (χ1) is 27.2. The predicted molar refractivity (Wildman–Crippen MR) is 229 cm³/mol. The number of nitrogens with one attached hydrogen (secondary N) is 2. The maximum atomic E-state index is 13.8. The molecule has 0 saturated carbocycles. The normalized spacial score (nSPS) is 21.5. The smallest absolute Gasteiger partial charge is 0.316 e. The molecule has 8 rings (SSSR count). The first-order valence-electron chi connectivity index (χ1n) is 17.5. The first kappa shape index (κ1) is 40.3. The van der Waals surface area contributed by atoms with Gasteiger partial charge in [0.1, 0.15) is 22.4 Å². The van der Waals surface area contributed by atoms with E-state index in [0.29, 0.717) is 11.8 Å². The molecule has 3 N–H and O–H groups in total. The largest absolute Gasteiger partial charge is 0.481 e. The van der Waals surface area contributed by atoms with Gasteiger partial charge in [-0.15, -0.1) is 35.7 Å². The number of oxime groups is 1. The predicted octanol–water partition coefficient (Wildman–Crippen LogP) is 5.83. The van der Waals surface area contributed by atoms with Gasteiger partial charge in [0.05, 0.1) is 11.7 Å². The van der Waals surface area contributed by atoms with Crippen molar-refractivity contribution in [1.29, 1.82) is 0 Å². The molecular formula is C39H36FIN8O5S3. The minimum absolute atomic E-state index is 0. The number of fused-ring (bicyclic) bond motifs is 2. The van der Waals surface area contributed by atoms with Crippen LogP contribution in [-0.4, -0.2) is 96.9 Å². The van der Waals surface area contributed by atoms with Gasteiger partial charge in [-0.05, 0) is 22.8 Å². The molecule has 1 unspecified atom stereocenters. The molecule has 2 amide bonds. The number of β-lactam (4-membered cyclic amide) rings is 1. The Morgan fingerprint density at radius 2 is 1.68 bits per heavy atom. The number of carboxylic acids is 1. The molecule has 0 spiro atoms. The lowest BCUT2D eigenvalue weighted by molar-refractivity contribution is -0.156. The van der Waals surface area contributed by atoms with Gasteiger partial charge in [-0.2, -0.15) is 9.36 Å². The maximum absolute atomic E-state index is 13.8. The van der Waals surface area contributed by atoms with Crippen molar-refractivity contribution in [3.8, 4) is 0 Å². The lowest BCUT2D eigenvalue weighted by Gasteiger charge is -2.53. The first-order valence-corrected chi connectivity index (χ1v) is 20.2. The number of alkyl halides is 1. The van der Waals surface area contributed by atoms with Crippen molar-refractivity contribution in [1.82, 2.24) is 29.4 Å². The van der Waals surface area contributed by atoms with E-state index in [4.69, 9.17) is 0 Å². The highest BCUT2D eigenvalue weighted by atomic mass is 127. The van der Waals surface area contributed by atoms with E-state index in [-0.39, 0.29) is 42.1 Å². The number of carbonyl (C=O) groups is 3. The van der Waals surface area contributed by atoms with E-state index in [0.717, 1.165) is 38.9 Å². The summed E-state index contributed by atoms with van der Waals surface area (Å²) in [7, 11) is 1.97. The Labute approximate surface area is 357 Å². The number of benzene rings is 3. The Morgan fingerprint density at radius 1 is 1.05 bits per heavy atom. The highest BCUT2D eigenvalue weighted by Gasteiger charge is 2.57. The molecule has 5 heterocycles. The third-order valence-electron chi connectivity index (χ3n) is 9.94. The molecule has 57 heavy (non-hydrogen) atoms. The van der Waals surface area contributed by atoms with Crippen molar-refractivity contribution in [2.45, 2.75) is 17.0 Å². The average molecular weight is 939 g/mol. The number of amides is 2. The summed E-state index contributed by atoms with van der Waals surface area (Å²) in [6, 6.07) is 28.6. The number of aliphatic carboxylic acids is 1. The van der Waals surface area contributed by atoms with Gasteiger partial charge in [0, 0.05) is 48.2 Å². The second kappa shape index (κ2) is 16.9. The number of anilines is 1. The van der Waals surface area contributed by atoms with Crippen LogP contribution in [0.2, 0.25) is 0 Å². The van der Waals surface area contributed by atoms with Crippen molar-refractivity contribution in [2.24, 2.45) is 10.6 Å². The molecular weight excluding hydrogens is 903 g/mol. The van der Waals surface area contributed by atoms with E-state index in [1.54, 1.807) is 23.9 Å². The zero-order valence-electron chi connectivity index (χ0n) is 30.2. The fraction of sp³-hybridized carbons (Fsp3) is 0.231. The second-order valence-electron chi connectivity index (χ2n) is 13.4. The number of hydrogen-bond donors (Lipinski definition) is 3. The van der Waals surface area contributed by atoms with E-state index in [9.17, 15) is 23.9 Å². The van der Waals surface area contributed by atoms with Gasteiger partial charge >= 0.3 is 5.97 Å². The summed E-state index contributed by atoms with van der Waals surface area (Å²) in [6.45, 7) is -0.718. The van der Waals surface area contributed by atoms with E-state index in [2.05, 4.69) is 34.9 Å². The van der Waals surface area contributed by atoms with Crippen molar-refractivity contribution >= 4 is 87.7 Å². The van der Waals surface area contributed by atoms with Gasteiger partial charge < -0.3 is 35.3 Å². The van der Waals surface area contributed by atoms with Crippen LogP contribution in [0.1, 0.15) is 22.5 Å². The van der Waals surface area contributed by atoms with Gasteiger partial charge in [-0.25, -0.2) is 4.39 Å². The number of rotatable bonds is 13. The molecule has 294 valence electrons. The van der Waals surface area contributed by atoms with Gasteiger partial charge in [0.15, 0.2) is 0 Å². The zero-order chi connectivity index (χ0) is 38.9. The van der Waals surface area contributed by atoms with Gasteiger partial charge in [0.25, 0.3) is 12.8 Å². The van der Waals surface area contributed by atoms with E-state index in [1.807, 2.05) is 115 Å². The zero-order valence-corrected chi connectivity index (χ0v) is 35.0. The third kappa shape index (κ3) is 7.62. The number of nitrogens with zero attached hydrogens (tertiary/aromatic N) is 6. The standard InChI is InChI=1S/C39H35FN8O5S3.HI/c1-46-19-29-48(24-46)28(20-54-29)17-18-38(36(51)52)21-47-34(50)31(35(47)55-22-38)41-33(49)30(44-53-23-40)32-42-37(56-45-32)43-39(25-11-5-2-6-12-25,26-13-7-3-8-14-26)27-15-9-4-10-16-27;/h2-20,31,35H,21-24H2,1H3,(H,41,49)(H,51,52)(H,42,43,45);1H/t31-,35-,38?;/m1./s1. The SMILES string of the molecule is CN1C=C2SC=C(C=CC3(C(=O)O)CS[C@@H]4[C@H](NC(=O)C(=NOCF)c5nsc(NC(c6ccccc6)(c6ccccc6)c6ccccc6)n5)C(=O)N4C3)N2C1.I. The monoisotopic (exact) mass is 938 g/mol. The van der Waals surface area contributed by atoms with Crippen LogP contribution in [0.3, 0.4) is 0 Å². The van der Waals surface area contributed by atoms with Crippen LogP contribution < -0.4 is 10.6 Å². The van der Waals surface area contributed by atoms with Crippen LogP contribution in [0.4, 0.5) is 9.52 Å². The highest BCUT2D eigenvalue weighted by molar-refractivity contribution is 14.0. The Kier molecular flexibility index (Phi) is 11.9. The van der Waals surface area contributed by atoms with Crippen molar-refractivity contribution in [3.63, 3.8) is 0 Å². The molecule has 4 aliphatic rings. The van der Waals surface area contributed by atoms with Crippen LogP contribution in [-0.2, 0) is 24.8 Å². The molecule has 2 saturated heterocycles. The van der Waals surface area contributed by atoms with Gasteiger partial charge in [0.2, 0.25) is 22.6 Å². The molecule has 2 fully saturated rings. The fourth-order valence-corrected chi connectivity index (χ4v) is 10.3. The molecule has 1 aromatic heterocycles. The number of halogens is 2. The van der Waals surface area contributed by atoms with E-state index in [1.165, 1.54) is 16.7 Å². The Bertz CT molecular complexity index is 2170. The minimum atomic E-state index is -1.33. The molecule has 0 bridgehead atoms. The van der Waals surface area contributed by atoms with E-state index < -0.39 is 52.7 Å². The fourth-order valence-electron chi connectivity index (χ4n) is 7.14. The van der Waals surface area contributed by atoms with Crippen molar-refractivity contribution < 1.29 is 28.7 Å². The maximum Gasteiger partial charge on any atom is 0.316 e. The van der Waals surface area contributed by atoms with Crippen molar-refractivity contribution in [2.75, 3.05) is 38.2 Å². The molecule has 0 aliphatic carbocycles. The highest BCUT2D eigenvalue weighted by Crippen LogP contribution is 2.45. The summed E-state index contributed by atoms with van der Waals surface area (Å²) in [5.74, 6) is -2.31. The number of aromatic nitrogens is 2. The Morgan fingerprint density at radius 3 is 2.28 bits per heavy atom.